The number of benzene rings is 2. The van der Waals surface area contributed by atoms with Crippen molar-refractivity contribution in [1.82, 2.24) is 10.9 Å². The van der Waals surface area contributed by atoms with Gasteiger partial charge in [0.15, 0.2) is 6.61 Å². The van der Waals surface area contributed by atoms with Crippen molar-refractivity contribution >= 4 is 11.8 Å². The molecular weight excluding hydrogens is 348 g/mol. The van der Waals surface area contributed by atoms with Crippen molar-refractivity contribution in [2.75, 3.05) is 19.8 Å². The van der Waals surface area contributed by atoms with E-state index in [9.17, 15) is 9.59 Å². The Balaban J connectivity index is 1.38. The minimum Gasteiger partial charge on any atom is -0.491 e. The predicted molar refractivity (Wildman–Crippen MR) is 98.5 cm³/mol. The molecule has 1 atom stereocenters. The van der Waals surface area contributed by atoms with Crippen LogP contribution in [0.4, 0.5) is 0 Å². The monoisotopic (exact) mass is 370 g/mol. The van der Waals surface area contributed by atoms with Gasteiger partial charge in [-0.15, -0.1) is 0 Å². The van der Waals surface area contributed by atoms with Crippen LogP contribution in [0, 0.1) is 0 Å². The zero-order valence-electron chi connectivity index (χ0n) is 14.9. The van der Waals surface area contributed by atoms with Crippen LogP contribution in [0.2, 0.25) is 0 Å². The molecule has 0 bridgehead atoms. The van der Waals surface area contributed by atoms with E-state index in [1.165, 1.54) is 0 Å². The molecule has 2 aromatic carbocycles. The summed E-state index contributed by atoms with van der Waals surface area (Å²) in [6.07, 6.45) is 2.21. The maximum absolute atomic E-state index is 12.1. The Labute approximate surface area is 157 Å². The SMILES string of the molecule is O=C(COc1ccccc1)NNC(=O)c1ccc(OCC2CCCO2)cc1. The molecule has 0 aliphatic carbocycles. The fourth-order valence-corrected chi connectivity index (χ4v) is 2.57. The Morgan fingerprint density at radius 2 is 1.70 bits per heavy atom. The van der Waals surface area contributed by atoms with Crippen LogP contribution >= 0.6 is 0 Å². The third-order valence-electron chi connectivity index (χ3n) is 4.00. The number of hydrazine groups is 1. The first-order valence-electron chi connectivity index (χ1n) is 8.82. The van der Waals surface area contributed by atoms with E-state index in [2.05, 4.69) is 10.9 Å². The highest BCUT2D eigenvalue weighted by atomic mass is 16.5. The molecule has 1 unspecified atom stereocenters. The van der Waals surface area contributed by atoms with E-state index in [4.69, 9.17) is 14.2 Å². The third-order valence-corrected chi connectivity index (χ3v) is 4.00. The Hall–Kier alpha value is -3.06. The molecule has 3 rings (SSSR count). The highest BCUT2D eigenvalue weighted by Gasteiger charge is 2.16. The topological polar surface area (TPSA) is 85.9 Å². The summed E-state index contributed by atoms with van der Waals surface area (Å²) >= 11 is 0. The highest BCUT2D eigenvalue weighted by molar-refractivity contribution is 5.95. The number of ether oxygens (including phenoxy) is 3. The number of rotatable bonds is 7. The van der Waals surface area contributed by atoms with Crippen LogP contribution in [-0.2, 0) is 9.53 Å². The molecule has 1 aliphatic heterocycles. The van der Waals surface area contributed by atoms with Crippen molar-refractivity contribution in [3.05, 3.63) is 60.2 Å². The molecular formula is C20H22N2O5. The van der Waals surface area contributed by atoms with Gasteiger partial charge in [0.25, 0.3) is 11.8 Å². The van der Waals surface area contributed by atoms with E-state index in [0.717, 1.165) is 19.4 Å². The maximum Gasteiger partial charge on any atom is 0.276 e. The summed E-state index contributed by atoms with van der Waals surface area (Å²) in [4.78, 5) is 23.8. The molecule has 1 fully saturated rings. The second kappa shape index (κ2) is 9.59. The molecule has 0 spiro atoms. The lowest BCUT2D eigenvalue weighted by Gasteiger charge is -2.12. The van der Waals surface area contributed by atoms with Crippen LogP contribution in [0.3, 0.4) is 0 Å². The Morgan fingerprint density at radius 1 is 0.963 bits per heavy atom. The molecule has 27 heavy (non-hydrogen) atoms. The largest absolute Gasteiger partial charge is 0.491 e. The minimum atomic E-state index is -0.455. The Morgan fingerprint density at radius 3 is 2.41 bits per heavy atom. The average molecular weight is 370 g/mol. The fourth-order valence-electron chi connectivity index (χ4n) is 2.57. The van der Waals surface area contributed by atoms with Crippen LogP contribution in [0.25, 0.3) is 0 Å². The van der Waals surface area contributed by atoms with Gasteiger partial charge in [0.05, 0.1) is 6.10 Å². The molecule has 7 heteroatoms. The summed E-state index contributed by atoms with van der Waals surface area (Å²) in [5.41, 5.74) is 5.07. The summed E-state index contributed by atoms with van der Waals surface area (Å²) in [5.74, 6) is 0.373. The summed E-state index contributed by atoms with van der Waals surface area (Å²) in [6.45, 7) is 1.10. The predicted octanol–water partition coefficient (Wildman–Crippen LogP) is 2.08. The van der Waals surface area contributed by atoms with Crippen LogP contribution in [0.1, 0.15) is 23.2 Å². The van der Waals surface area contributed by atoms with Gasteiger partial charge >= 0.3 is 0 Å². The number of carbonyl (C=O) groups is 2. The number of para-hydroxylation sites is 1. The second-order valence-corrected chi connectivity index (χ2v) is 6.07. The zero-order valence-corrected chi connectivity index (χ0v) is 14.9. The third kappa shape index (κ3) is 6.00. The van der Waals surface area contributed by atoms with Crippen LogP contribution < -0.4 is 20.3 Å². The van der Waals surface area contributed by atoms with Gasteiger partial charge in [-0.2, -0.15) is 0 Å². The van der Waals surface area contributed by atoms with Crippen LogP contribution in [-0.4, -0.2) is 37.7 Å². The molecule has 142 valence electrons. The van der Waals surface area contributed by atoms with Gasteiger partial charge in [-0.3, -0.25) is 20.4 Å². The zero-order chi connectivity index (χ0) is 18.9. The maximum atomic E-state index is 12.1. The van der Waals surface area contributed by atoms with Gasteiger partial charge in [-0.25, -0.2) is 0 Å². The summed E-state index contributed by atoms with van der Waals surface area (Å²) in [5, 5.41) is 0. The van der Waals surface area contributed by atoms with E-state index in [0.29, 0.717) is 23.7 Å². The Bertz CT molecular complexity index is 743. The van der Waals surface area contributed by atoms with Crippen molar-refractivity contribution in [1.29, 1.82) is 0 Å². The van der Waals surface area contributed by atoms with Crippen molar-refractivity contribution in [3.8, 4) is 11.5 Å². The summed E-state index contributed by atoms with van der Waals surface area (Å²) in [7, 11) is 0. The number of hydrogen-bond donors (Lipinski definition) is 2. The van der Waals surface area contributed by atoms with Gasteiger partial charge in [0.2, 0.25) is 0 Å². The Kier molecular flexibility index (Phi) is 6.65. The lowest BCUT2D eigenvalue weighted by Crippen LogP contribution is -2.43. The molecule has 2 N–H and O–H groups in total. The van der Waals surface area contributed by atoms with Crippen LogP contribution in [0.15, 0.2) is 54.6 Å². The standard InChI is InChI=1S/C20H22N2O5/c23-19(14-27-16-5-2-1-3-6-16)21-22-20(24)15-8-10-17(11-9-15)26-13-18-7-4-12-25-18/h1-3,5-6,8-11,18H,4,7,12-14H2,(H,21,23)(H,22,24). The molecule has 2 aromatic rings. The fraction of sp³-hybridized carbons (Fsp3) is 0.300. The van der Waals surface area contributed by atoms with Gasteiger partial charge in [-0.1, -0.05) is 18.2 Å². The van der Waals surface area contributed by atoms with E-state index >= 15 is 0 Å². The van der Waals surface area contributed by atoms with Crippen molar-refractivity contribution < 1.29 is 23.8 Å². The molecule has 0 radical (unpaired) electrons. The quantitative estimate of drug-likeness (QED) is 0.729. The smallest absolute Gasteiger partial charge is 0.276 e. The number of amides is 2. The first kappa shape index (κ1) is 18.7. The summed E-state index contributed by atoms with van der Waals surface area (Å²) in [6, 6.07) is 15.6. The summed E-state index contributed by atoms with van der Waals surface area (Å²) < 4.78 is 16.5. The van der Waals surface area contributed by atoms with Crippen LogP contribution in [0.5, 0.6) is 11.5 Å². The molecule has 1 saturated heterocycles. The molecule has 2 amide bonds. The van der Waals surface area contributed by atoms with E-state index in [1.807, 2.05) is 18.2 Å². The van der Waals surface area contributed by atoms with Gasteiger partial charge < -0.3 is 14.2 Å². The molecule has 1 heterocycles. The molecule has 1 aliphatic rings. The lowest BCUT2D eigenvalue weighted by molar-refractivity contribution is -0.123. The van der Waals surface area contributed by atoms with E-state index in [1.54, 1.807) is 36.4 Å². The first-order chi connectivity index (χ1) is 13.2. The van der Waals surface area contributed by atoms with Gasteiger partial charge in [-0.05, 0) is 49.2 Å². The first-order valence-corrected chi connectivity index (χ1v) is 8.82. The van der Waals surface area contributed by atoms with E-state index < -0.39 is 11.8 Å². The van der Waals surface area contributed by atoms with Gasteiger partial charge in [0, 0.05) is 12.2 Å². The molecule has 0 saturated carbocycles. The highest BCUT2D eigenvalue weighted by Crippen LogP contribution is 2.16. The number of nitrogens with one attached hydrogen (secondary N) is 2. The lowest BCUT2D eigenvalue weighted by atomic mass is 10.2. The molecule has 0 aromatic heterocycles. The number of carbonyl (C=O) groups excluding carboxylic acids is 2. The second-order valence-electron chi connectivity index (χ2n) is 6.07. The van der Waals surface area contributed by atoms with Crippen molar-refractivity contribution in [2.45, 2.75) is 18.9 Å². The van der Waals surface area contributed by atoms with Gasteiger partial charge in [0.1, 0.15) is 18.1 Å². The average Bonchev–Trinajstić information content (AvgIpc) is 3.24. The van der Waals surface area contributed by atoms with Crippen molar-refractivity contribution in [3.63, 3.8) is 0 Å². The van der Waals surface area contributed by atoms with Crippen molar-refractivity contribution in [2.24, 2.45) is 0 Å². The minimum absolute atomic E-state index is 0.140. The molecule has 7 nitrogen and oxygen atoms in total. The normalized spacial score (nSPS) is 15.8. The number of hydrogen-bond acceptors (Lipinski definition) is 5. The van der Waals surface area contributed by atoms with E-state index in [-0.39, 0.29) is 12.7 Å².